The van der Waals surface area contributed by atoms with Crippen LogP contribution in [0.15, 0.2) is 36.8 Å². The molecule has 0 amide bonds. The predicted octanol–water partition coefficient (Wildman–Crippen LogP) is 5.23. The van der Waals surface area contributed by atoms with Crippen molar-refractivity contribution >= 4 is 29.0 Å². The Morgan fingerprint density at radius 1 is 1.30 bits per heavy atom. The topological polar surface area (TPSA) is 84.4 Å². The summed E-state index contributed by atoms with van der Waals surface area (Å²) in [6, 6.07) is 4.58. The number of ether oxygens (including phenoxy) is 3. The van der Waals surface area contributed by atoms with E-state index in [9.17, 15) is 4.39 Å². The molecule has 1 aromatic carbocycles. The van der Waals surface area contributed by atoms with E-state index in [-0.39, 0.29) is 22.5 Å². The van der Waals surface area contributed by atoms with E-state index in [1.54, 1.807) is 25.4 Å². The van der Waals surface area contributed by atoms with Crippen molar-refractivity contribution in [1.82, 2.24) is 14.8 Å². The second-order valence-corrected chi connectivity index (χ2v) is 9.27. The van der Waals surface area contributed by atoms with Crippen LogP contribution in [0.3, 0.4) is 0 Å². The van der Waals surface area contributed by atoms with Gasteiger partial charge in [-0.3, -0.25) is 4.68 Å². The fraction of sp³-hybridized carbons (Fsp3) is 0.391. The van der Waals surface area contributed by atoms with Crippen LogP contribution in [0.5, 0.6) is 5.75 Å². The lowest BCUT2D eigenvalue weighted by Gasteiger charge is -2.19. The summed E-state index contributed by atoms with van der Waals surface area (Å²) in [6.07, 6.45) is 6.53. The summed E-state index contributed by atoms with van der Waals surface area (Å²) in [5.41, 5.74) is 7.86. The average molecular weight is 493 g/mol. The van der Waals surface area contributed by atoms with Gasteiger partial charge < -0.3 is 19.9 Å². The Bertz CT molecular complexity index is 1180. The molecule has 0 aliphatic carbocycles. The van der Waals surface area contributed by atoms with Gasteiger partial charge in [0.1, 0.15) is 11.9 Å². The van der Waals surface area contributed by atoms with Gasteiger partial charge in [0.05, 0.1) is 36.1 Å². The molecule has 2 aromatic heterocycles. The zero-order chi connectivity index (χ0) is 23.2. The molecular formula is C23H23Cl2FN4O3. The number of pyridine rings is 1. The van der Waals surface area contributed by atoms with Gasteiger partial charge in [0.15, 0.2) is 11.6 Å². The SMILES string of the molecule is CC(Oc1cc(-c2cnn(C3COC4(CCOC4)C3)c2)cnc1N)c1c(Cl)ccc(F)c1Cl. The highest BCUT2D eigenvalue weighted by atomic mass is 35.5. The van der Waals surface area contributed by atoms with Gasteiger partial charge in [0, 0.05) is 53.6 Å². The lowest BCUT2D eigenvalue weighted by Crippen LogP contribution is -2.27. The standard InChI is InChI=1S/C23H23Cl2FN4O3/c1-13(20-17(24)2-3-18(26)21(20)25)33-19-6-14(8-28-22(19)27)15-9-29-30(10-15)16-7-23(32-11-16)4-5-31-12-23/h2-3,6,8-10,13,16H,4-5,7,11-12H2,1H3,(H2,27,28). The van der Waals surface area contributed by atoms with Gasteiger partial charge in [-0.25, -0.2) is 9.37 Å². The minimum Gasteiger partial charge on any atom is -0.482 e. The molecule has 33 heavy (non-hydrogen) atoms. The molecule has 3 unspecified atom stereocenters. The quantitative estimate of drug-likeness (QED) is 0.490. The van der Waals surface area contributed by atoms with Gasteiger partial charge in [-0.2, -0.15) is 5.10 Å². The number of benzene rings is 1. The third kappa shape index (κ3) is 4.28. The van der Waals surface area contributed by atoms with Gasteiger partial charge >= 0.3 is 0 Å². The van der Waals surface area contributed by atoms with Gasteiger partial charge in [0.25, 0.3) is 0 Å². The summed E-state index contributed by atoms with van der Waals surface area (Å²) >= 11 is 12.4. The minimum absolute atomic E-state index is 0.0804. The molecule has 0 saturated carbocycles. The monoisotopic (exact) mass is 492 g/mol. The molecule has 2 saturated heterocycles. The Balaban J connectivity index is 1.36. The van der Waals surface area contributed by atoms with Crippen LogP contribution in [0.4, 0.5) is 10.2 Å². The first-order chi connectivity index (χ1) is 15.8. The third-order valence-electron chi connectivity index (χ3n) is 6.24. The summed E-state index contributed by atoms with van der Waals surface area (Å²) in [6.45, 7) is 3.70. The Morgan fingerprint density at radius 3 is 2.94 bits per heavy atom. The maximum atomic E-state index is 13.9. The molecule has 7 nitrogen and oxygen atoms in total. The van der Waals surface area contributed by atoms with E-state index in [1.165, 1.54) is 12.1 Å². The van der Waals surface area contributed by atoms with Crippen LogP contribution in [0.2, 0.25) is 10.0 Å². The first kappa shape index (κ1) is 22.4. The molecule has 0 bridgehead atoms. The van der Waals surface area contributed by atoms with Crippen molar-refractivity contribution in [3.05, 3.63) is 58.2 Å². The fourth-order valence-corrected chi connectivity index (χ4v) is 5.09. The van der Waals surface area contributed by atoms with Crippen molar-refractivity contribution in [2.75, 3.05) is 25.6 Å². The molecule has 3 atom stereocenters. The van der Waals surface area contributed by atoms with Crippen molar-refractivity contribution in [3.8, 4) is 16.9 Å². The molecule has 2 aliphatic rings. The van der Waals surface area contributed by atoms with E-state index in [2.05, 4.69) is 10.1 Å². The van der Waals surface area contributed by atoms with Crippen LogP contribution >= 0.6 is 23.2 Å². The van der Waals surface area contributed by atoms with E-state index < -0.39 is 11.9 Å². The molecule has 10 heteroatoms. The lowest BCUT2D eigenvalue weighted by molar-refractivity contribution is -0.00386. The molecule has 2 N–H and O–H groups in total. The first-order valence-corrected chi connectivity index (χ1v) is 11.4. The van der Waals surface area contributed by atoms with E-state index >= 15 is 0 Å². The zero-order valence-corrected chi connectivity index (χ0v) is 19.4. The van der Waals surface area contributed by atoms with Crippen molar-refractivity contribution in [1.29, 1.82) is 0 Å². The van der Waals surface area contributed by atoms with Gasteiger partial charge in [-0.15, -0.1) is 0 Å². The largest absolute Gasteiger partial charge is 0.482 e. The highest BCUT2D eigenvalue weighted by Gasteiger charge is 2.44. The summed E-state index contributed by atoms with van der Waals surface area (Å²) in [7, 11) is 0. The Morgan fingerprint density at radius 2 is 2.15 bits per heavy atom. The van der Waals surface area contributed by atoms with Crippen LogP contribution in [0, 0.1) is 5.82 Å². The maximum absolute atomic E-state index is 13.9. The Kier molecular flexibility index (Phi) is 5.95. The molecule has 0 radical (unpaired) electrons. The second-order valence-electron chi connectivity index (χ2n) is 8.49. The van der Waals surface area contributed by atoms with Crippen molar-refractivity contribution in [2.24, 2.45) is 0 Å². The fourth-order valence-electron chi connectivity index (χ4n) is 4.41. The second kappa shape index (κ2) is 8.76. The summed E-state index contributed by atoms with van der Waals surface area (Å²) in [4.78, 5) is 4.26. The number of halogens is 3. The number of hydrogen-bond donors (Lipinski definition) is 1. The third-order valence-corrected chi connectivity index (χ3v) is 6.95. The molecule has 2 aliphatic heterocycles. The highest BCUT2D eigenvalue weighted by molar-refractivity contribution is 6.36. The molecule has 174 valence electrons. The van der Waals surface area contributed by atoms with Crippen molar-refractivity contribution in [3.63, 3.8) is 0 Å². The van der Waals surface area contributed by atoms with E-state index in [0.717, 1.165) is 30.6 Å². The van der Waals surface area contributed by atoms with E-state index in [0.29, 0.717) is 29.5 Å². The zero-order valence-electron chi connectivity index (χ0n) is 17.9. The number of nitrogens with two attached hydrogens (primary N) is 1. The Hall–Kier alpha value is -2.39. The van der Waals surface area contributed by atoms with E-state index in [4.69, 9.17) is 43.1 Å². The minimum atomic E-state index is -0.650. The summed E-state index contributed by atoms with van der Waals surface area (Å²) in [5, 5.41) is 4.77. The van der Waals surface area contributed by atoms with Gasteiger partial charge in [0.2, 0.25) is 0 Å². The summed E-state index contributed by atoms with van der Waals surface area (Å²) in [5.74, 6) is -0.0231. The van der Waals surface area contributed by atoms with Crippen LogP contribution in [0.25, 0.3) is 11.1 Å². The van der Waals surface area contributed by atoms with Crippen LogP contribution < -0.4 is 10.5 Å². The molecule has 4 heterocycles. The van der Waals surface area contributed by atoms with Crippen LogP contribution in [0.1, 0.15) is 37.5 Å². The van der Waals surface area contributed by atoms with E-state index in [1.807, 2.05) is 10.9 Å². The highest BCUT2D eigenvalue weighted by Crippen LogP contribution is 2.40. The Labute approximate surface area is 200 Å². The number of nitrogens with zero attached hydrogens (tertiary/aromatic N) is 3. The first-order valence-electron chi connectivity index (χ1n) is 10.7. The van der Waals surface area contributed by atoms with Crippen molar-refractivity contribution < 1.29 is 18.6 Å². The molecule has 5 rings (SSSR count). The predicted molar refractivity (Wildman–Crippen MR) is 123 cm³/mol. The van der Waals surface area contributed by atoms with Gasteiger partial charge in [-0.1, -0.05) is 23.2 Å². The van der Waals surface area contributed by atoms with Crippen molar-refractivity contribution in [2.45, 2.75) is 37.5 Å². The van der Waals surface area contributed by atoms with Crippen LogP contribution in [-0.2, 0) is 9.47 Å². The number of rotatable bonds is 5. The number of anilines is 1. The normalized spacial score (nSPS) is 23.3. The summed E-state index contributed by atoms with van der Waals surface area (Å²) < 4.78 is 33.4. The average Bonchev–Trinajstić information content (AvgIpc) is 3.55. The molecule has 1 spiro atoms. The lowest BCUT2D eigenvalue weighted by atomic mass is 9.97. The molecule has 3 aromatic rings. The van der Waals surface area contributed by atoms with Gasteiger partial charge in [-0.05, 0) is 25.1 Å². The van der Waals surface area contributed by atoms with Crippen LogP contribution in [-0.4, -0.2) is 40.2 Å². The maximum Gasteiger partial charge on any atom is 0.166 e. The number of aromatic nitrogens is 3. The smallest absolute Gasteiger partial charge is 0.166 e. The number of hydrogen-bond acceptors (Lipinski definition) is 6. The molecule has 2 fully saturated rings. The molecular weight excluding hydrogens is 470 g/mol. The number of nitrogen functional groups attached to an aromatic ring is 1.